The number of alkyl carbamates (subject to hydrolysis) is 1. The van der Waals surface area contributed by atoms with E-state index in [9.17, 15) is 14.2 Å². The van der Waals surface area contributed by atoms with Gasteiger partial charge in [-0.3, -0.25) is 10.1 Å². The van der Waals surface area contributed by atoms with Gasteiger partial charge in [0, 0.05) is 12.6 Å². The van der Waals surface area contributed by atoms with Crippen LogP contribution in [0.5, 0.6) is 11.5 Å². The number of amides is 2. The molecule has 1 N–H and O–H groups in total. The smallest absolute Gasteiger partial charge is 0.444 e. The Morgan fingerprint density at radius 2 is 1.34 bits per heavy atom. The number of rotatable bonds is 6. The normalized spacial score (nSPS) is 17.5. The Balaban J connectivity index is 1.94. The topological polar surface area (TPSA) is 94.2 Å². The molecule has 0 radical (unpaired) electrons. The maximum atomic E-state index is 14.9. The van der Waals surface area contributed by atoms with Crippen LogP contribution in [0.25, 0.3) is 0 Å². The molecule has 3 aromatic rings. The maximum absolute atomic E-state index is 14.9. The first-order chi connectivity index (χ1) is 16.6. The summed E-state index contributed by atoms with van der Waals surface area (Å²) in [6, 6.07) is 23.5. The van der Waals surface area contributed by atoms with Crippen molar-refractivity contribution in [2.45, 2.75) is 31.7 Å². The first-order valence-corrected chi connectivity index (χ1v) is 12.6. The average Bonchev–Trinajstić information content (AvgIpc) is 3.02. The summed E-state index contributed by atoms with van der Waals surface area (Å²) in [7, 11) is -3.05. The van der Waals surface area contributed by atoms with Crippen molar-refractivity contribution in [1.29, 1.82) is 0 Å². The Morgan fingerprint density at radius 1 is 0.857 bits per heavy atom. The van der Waals surface area contributed by atoms with Gasteiger partial charge in [-0.15, -0.1) is 0 Å². The molecule has 4 rings (SSSR count). The van der Waals surface area contributed by atoms with Crippen LogP contribution in [0.15, 0.2) is 84.9 Å². The minimum atomic E-state index is -4.59. The highest BCUT2D eigenvalue weighted by atomic mass is 31.2. The number of benzene rings is 3. The van der Waals surface area contributed by atoms with E-state index < -0.39 is 30.5 Å². The van der Waals surface area contributed by atoms with Crippen molar-refractivity contribution < 1.29 is 27.9 Å². The van der Waals surface area contributed by atoms with Gasteiger partial charge in [0.05, 0.1) is 5.69 Å². The molecular weight excluding hydrogens is 467 g/mol. The van der Waals surface area contributed by atoms with Gasteiger partial charge in [0.1, 0.15) is 17.1 Å². The van der Waals surface area contributed by atoms with Crippen molar-refractivity contribution in [3.8, 4) is 11.5 Å². The number of nitrogens with zero attached hydrogens (tertiary/aromatic N) is 1. The van der Waals surface area contributed by atoms with Crippen LogP contribution < -0.4 is 19.3 Å². The van der Waals surface area contributed by atoms with Crippen LogP contribution in [0.2, 0.25) is 0 Å². The number of likely N-dealkylation sites (N-methyl/N-ethyl adjacent to an activating group) is 1. The molecule has 1 aliphatic heterocycles. The summed E-state index contributed by atoms with van der Waals surface area (Å²) in [6.07, 6.45) is -0.940. The van der Waals surface area contributed by atoms with Crippen LogP contribution in [0.1, 0.15) is 26.3 Å². The Morgan fingerprint density at radius 3 is 1.86 bits per heavy atom. The molecule has 9 heteroatoms. The Labute approximate surface area is 204 Å². The number of hydrogen-bond donors (Lipinski definition) is 1. The zero-order chi connectivity index (χ0) is 25.3. The molecule has 1 atom stereocenters. The number of para-hydroxylation sites is 3. The Bertz CT molecular complexity index is 1230. The lowest BCUT2D eigenvalue weighted by Crippen LogP contribution is -2.54. The largest absolute Gasteiger partial charge is 0.470 e. The molecule has 0 unspecified atom stereocenters. The van der Waals surface area contributed by atoms with E-state index in [4.69, 9.17) is 13.8 Å². The summed E-state index contributed by atoms with van der Waals surface area (Å²) in [6.45, 7) is 5.07. The number of fused-ring (bicyclic) bond motifs is 1. The van der Waals surface area contributed by atoms with Gasteiger partial charge in [0.25, 0.3) is 11.2 Å². The number of carbonyl (C=O) groups is 2. The van der Waals surface area contributed by atoms with Gasteiger partial charge >= 0.3 is 13.7 Å². The van der Waals surface area contributed by atoms with Crippen LogP contribution in [0, 0.1) is 0 Å². The fraction of sp³-hybridized carbons (Fsp3) is 0.231. The van der Waals surface area contributed by atoms with E-state index in [-0.39, 0.29) is 17.1 Å². The second-order valence-corrected chi connectivity index (χ2v) is 11.1. The predicted octanol–water partition coefficient (Wildman–Crippen LogP) is 5.69. The van der Waals surface area contributed by atoms with Gasteiger partial charge in [-0.05, 0) is 51.1 Å². The van der Waals surface area contributed by atoms with Crippen LogP contribution in [-0.4, -0.2) is 24.6 Å². The van der Waals surface area contributed by atoms with Crippen LogP contribution >= 0.6 is 7.60 Å². The zero-order valence-corrected chi connectivity index (χ0v) is 20.8. The molecule has 0 fully saturated rings. The van der Waals surface area contributed by atoms with Crippen molar-refractivity contribution in [2.75, 3.05) is 11.9 Å². The molecule has 0 saturated carbocycles. The summed E-state index contributed by atoms with van der Waals surface area (Å²) in [5.41, 5.74) is -0.140. The highest BCUT2D eigenvalue weighted by Gasteiger charge is 2.68. The van der Waals surface area contributed by atoms with Crippen molar-refractivity contribution in [2.24, 2.45) is 0 Å². The van der Waals surface area contributed by atoms with Crippen molar-refractivity contribution in [3.05, 3.63) is 90.5 Å². The third kappa shape index (κ3) is 4.62. The lowest BCUT2D eigenvalue weighted by Gasteiger charge is -2.35. The van der Waals surface area contributed by atoms with Crippen LogP contribution in [-0.2, 0) is 19.4 Å². The molecule has 2 amide bonds. The van der Waals surface area contributed by atoms with Crippen molar-refractivity contribution >= 4 is 25.3 Å². The fourth-order valence-electron chi connectivity index (χ4n) is 3.84. The molecule has 0 spiro atoms. The van der Waals surface area contributed by atoms with Gasteiger partial charge in [0.2, 0.25) is 0 Å². The molecule has 8 nitrogen and oxygen atoms in total. The summed E-state index contributed by atoms with van der Waals surface area (Å²) in [5, 5.41) is 0.385. The molecule has 0 bridgehead atoms. The summed E-state index contributed by atoms with van der Waals surface area (Å²) < 4.78 is 32.4. The van der Waals surface area contributed by atoms with Gasteiger partial charge in [-0.2, -0.15) is 0 Å². The number of carbonyl (C=O) groups excluding carboxylic acids is 2. The molecular formula is C26H27N2O6P. The standard InChI is InChI=1S/C26H27N2O6P/c1-25(2,3)32-24(30)27-26(21-17-11-12-18-22(21)28(4)23(26)29)35(31,33-19-13-7-5-8-14-19)34-20-15-9-6-10-16-20/h5-18H,1-4H3,(H,27,30)/t26-/m1/s1. The fourth-order valence-corrected chi connectivity index (χ4v) is 6.05. The summed E-state index contributed by atoms with van der Waals surface area (Å²) in [5.74, 6) is -0.270. The average molecular weight is 494 g/mol. The van der Waals surface area contributed by atoms with Gasteiger partial charge in [0.15, 0.2) is 0 Å². The van der Waals surface area contributed by atoms with Crippen LogP contribution in [0.3, 0.4) is 0 Å². The van der Waals surface area contributed by atoms with Gasteiger partial charge < -0.3 is 18.7 Å². The number of anilines is 1. The lowest BCUT2D eigenvalue weighted by atomic mass is 10.1. The molecule has 35 heavy (non-hydrogen) atoms. The molecule has 0 saturated heterocycles. The molecule has 1 heterocycles. The first-order valence-electron chi connectivity index (χ1n) is 11.0. The third-order valence-electron chi connectivity index (χ3n) is 5.30. The van der Waals surface area contributed by atoms with E-state index in [2.05, 4.69) is 5.32 Å². The van der Waals surface area contributed by atoms with Crippen LogP contribution in [0.4, 0.5) is 10.5 Å². The molecule has 0 aliphatic carbocycles. The van der Waals surface area contributed by atoms with E-state index in [1.54, 1.807) is 106 Å². The minimum Gasteiger partial charge on any atom is -0.444 e. The second-order valence-electron chi connectivity index (χ2n) is 9.02. The highest BCUT2D eigenvalue weighted by molar-refractivity contribution is 7.57. The minimum absolute atomic E-state index is 0.206. The van der Waals surface area contributed by atoms with E-state index in [0.29, 0.717) is 5.69 Å². The third-order valence-corrected chi connectivity index (χ3v) is 7.57. The highest BCUT2D eigenvalue weighted by Crippen LogP contribution is 2.66. The maximum Gasteiger partial charge on any atom is 0.470 e. The zero-order valence-electron chi connectivity index (χ0n) is 19.9. The quantitative estimate of drug-likeness (QED) is 0.443. The lowest BCUT2D eigenvalue weighted by molar-refractivity contribution is -0.121. The number of hydrogen-bond acceptors (Lipinski definition) is 6. The SMILES string of the molecule is CN1C(=O)[C@](NC(=O)OC(C)(C)C)(P(=O)(Oc2ccccc2)Oc2ccccc2)c2ccccc21. The Hall–Kier alpha value is -3.77. The molecule has 0 aromatic heterocycles. The van der Waals surface area contributed by atoms with Gasteiger partial charge in [-0.1, -0.05) is 54.6 Å². The Kier molecular flexibility index (Phi) is 6.34. The van der Waals surface area contributed by atoms with E-state index in [0.717, 1.165) is 0 Å². The van der Waals surface area contributed by atoms with E-state index in [1.165, 1.54) is 11.9 Å². The van der Waals surface area contributed by atoms with Gasteiger partial charge in [-0.25, -0.2) is 9.36 Å². The monoisotopic (exact) mass is 494 g/mol. The van der Waals surface area contributed by atoms with E-state index >= 15 is 0 Å². The predicted molar refractivity (Wildman–Crippen MR) is 133 cm³/mol. The molecule has 182 valence electrons. The summed E-state index contributed by atoms with van der Waals surface area (Å²) >= 11 is 0. The second kappa shape index (κ2) is 9.12. The van der Waals surface area contributed by atoms with E-state index in [1.807, 2.05) is 0 Å². The first kappa shape index (κ1) is 24.4. The number of nitrogens with one attached hydrogen (secondary N) is 1. The van der Waals surface area contributed by atoms with Crippen molar-refractivity contribution in [1.82, 2.24) is 5.32 Å². The molecule has 3 aromatic carbocycles. The number of ether oxygens (including phenoxy) is 1. The van der Waals surface area contributed by atoms with Crippen molar-refractivity contribution in [3.63, 3.8) is 0 Å². The molecule has 1 aliphatic rings. The summed E-state index contributed by atoms with van der Waals surface area (Å²) in [4.78, 5) is 28.4.